The summed E-state index contributed by atoms with van der Waals surface area (Å²) in [5.41, 5.74) is 0. The minimum absolute atomic E-state index is 0.270. The summed E-state index contributed by atoms with van der Waals surface area (Å²) in [5.74, 6) is -0.318. The summed E-state index contributed by atoms with van der Waals surface area (Å²) < 4.78 is 38.8. The molecule has 1 heterocycles. The van der Waals surface area contributed by atoms with Gasteiger partial charge in [-0.2, -0.15) is 13.2 Å². The normalized spacial score (nSPS) is 19.6. The highest BCUT2D eigenvalue weighted by Gasteiger charge is 2.43. The largest absolute Gasteiger partial charge is 0.405 e. The molecule has 0 aromatic rings. The summed E-state index contributed by atoms with van der Waals surface area (Å²) in [6, 6.07) is -1.58. The lowest BCUT2D eigenvalue weighted by Crippen LogP contribution is -2.57. The number of piperazine rings is 1. The Morgan fingerprint density at radius 3 is 2.50 bits per heavy atom. The van der Waals surface area contributed by atoms with E-state index in [0.29, 0.717) is 32.6 Å². The Kier molecular flexibility index (Phi) is 5.87. The summed E-state index contributed by atoms with van der Waals surface area (Å²) in [4.78, 5) is 12.6. The molecule has 1 saturated heterocycles. The Labute approximate surface area is 105 Å². The SMILES string of the molecule is CCCC(=O)NCC(N1CCNCC1)C(F)(F)F. The van der Waals surface area contributed by atoms with Crippen molar-refractivity contribution < 1.29 is 18.0 Å². The number of halogens is 3. The van der Waals surface area contributed by atoms with Gasteiger partial charge in [0.25, 0.3) is 0 Å². The maximum Gasteiger partial charge on any atom is 0.405 e. The van der Waals surface area contributed by atoms with Gasteiger partial charge in [0.05, 0.1) is 0 Å². The summed E-state index contributed by atoms with van der Waals surface area (Å²) in [6.45, 7) is 3.27. The van der Waals surface area contributed by atoms with E-state index in [-0.39, 0.29) is 18.9 Å². The molecule has 0 aliphatic carbocycles. The van der Waals surface area contributed by atoms with Crippen LogP contribution in [0, 0.1) is 0 Å². The average Bonchev–Trinajstić information content (AvgIpc) is 2.29. The molecule has 1 aliphatic heterocycles. The van der Waals surface area contributed by atoms with Gasteiger partial charge in [-0.15, -0.1) is 0 Å². The first-order chi connectivity index (χ1) is 8.45. The molecular formula is C11H20F3N3O. The van der Waals surface area contributed by atoms with Crippen LogP contribution in [0.2, 0.25) is 0 Å². The van der Waals surface area contributed by atoms with Gasteiger partial charge in [-0.3, -0.25) is 9.69 Å². The van der Waals surface area contributed by atoms with Crippen LogP contribution in [0.1, 0.15) is 19.8 Å². The van der Waals surface area contributed by atoms with E-state index in [4.69, 9.17) is 0 Å². The third kappa shape index (κ3) is 4.81. The first-order valence-electron chi connectivity index (χ1n) is 6.23. The van der Waals surface area contributed by atoms with E-state index in [1.165, 1.54) is 4.90 Å². The van der Waals surface area contributed by atoms with Crippen molar-refractivity contribution in [1.29, 1.82) is 0 Å². The maximum atomic E-state index is 12.9. The van der Waals surface area contributed by atoms with E-state index < -0.39 is 12.2 Å². The topological polar surface area (TPSA) is 44.4 Å². The van der Waals surface area contributed by atoms with E-state index in [2.05, 4.69) is 10.6 Å². The third-order valence-corrected chi connectivity index (χ3v) is 2.94. The number of amides is 1. The van der Waals surface area contributed by atoms with E-state index in [1.54, 1.807) is 0 Å². The van der Waals surface area contributed by atoms with Crippen LogP contribution in [0.4, 0.5) is 13.2 Å². The van der Waals surface area contributed by atoms with Crippen molar-refractivity contribution in [2.24, 2.45) is 0 Å². The lowest BCUT2D eigenvalue weighted by Gasteiger charge is -2.35. The Morgan fingerprint density at radius 1 is 1.39 bits per heavy atom. The molecule has 1 atom stereocenters. The van der Waals surface area contributed by atoms with Crippen LogP contribution in [-0.2, 0) is 4.79 Å². The third-order valence-electron chi connectivity index (χ3n) is 2.94. The van der Waals surface area contributed by atoms with Gasteiger partial charge in [0.15, 0.2) is 0 Å². The zero-order valence-electron chi connectivity index (χ0n) is 10.5. The van der Waals surface area contributed by atoms with E-state index in [9.17, 15) is 18.0 Å². The molecule has 1 unspecified atom stereocenters. The van der Waals surface area contributed by atoms with Crippen LogP contribution in [-0.4, -0.2) is 55.7 Å². The Morgan fingerprint density at radius 2 is 2.00 bits per heavy atom. The first-order valence-corrected chi connectivity index (χ1v) is 6.23. The maximum absolute atomic E-state index is 12.9. The highest BCUT2D eigenvalue weighted by Crippen LogP contribution is 2.24. The number of rotatable bonds is 5. The van der Waals surface area contributed by atoms with Crippen molar-refractivity contribution in [2.45, 2.75) is 32.0 Å². The van der Waals surface area contributed by atoms with Crippen molar-refractivity contribution in [3.63, 3.8) is 0 Å². The molecule has 0 bridgehead atoms. The molecule has 2 N–H and O–H groups in total. The molecular weight excluding hydrogens is 247 g/mol. The number of hydrogen-bond donors (Lipinski definition) is 2. The van der Waals surface area contributed by atoms with Gasteiger partial charge in [0, 0.05) is 39.1 Å². The number of hydrogen-bond acceptors (Lipinski definition) is 3. The predicted molar refractivity (Wildman–Crippen MR) is 62.2 cm³/mol. The molecule has 4 nitrogen and oxygen atoms in total. The van der Waals surface area contributed by atoms with Crippen molar-refractivity contribution in [1.82, 2.24) is 15.5 Å². The molecule has 0 aromatic carbocycles. The number of nitrogens with zero attached hydrogens (tertiary/aromatic N) is 1. The molecule has 7 heteroatoms. The number of alkyl halides is 3. The molecule has 1 fully saturated rings. The summed E-state index contributed by atoms with van der Waals surface area (Å²) in [6.07, 6.45) is -3.40. The lowest BCUT2D eigenvalue weighted by molar-refractivity contribution is -0.184. The number of carbonyl (C=O) groups excluding carboxylic acids is 1. The van der Waals surface area contributed by atoms with Crippen LogP contribution in [0.5, 0.6) is 0 Å². The smallest absolute Gasteiger partial charge is 0.354 e. The lowest BCUT2D eigenvalue weighted by atomic mass is 10.2. The molecule has 0 saturated carbocycles. The van der Waals surface area contributed by atoms with Gasteiger partial charge < -0.3 is 10.6 Å². The molecule has 18 heavy (non-hydrogen) atoms. The minimum Gasteiger partial charge on any atom is -0.354 e. The molecule has 0 spiro atoms. The minimum atomic E-state index is -4.31. The second-order valence-corrected chi connectivity index (χ2v) is 4.40. The van der Waals surface area contributed by atoms with Crippen molar-refractivity contribution in [2.75, 3.05) is 32.7 Å². The number of nitrogens with one attached hydrogen (secondary N) is 2. The summed E-state index contributed by atoms with van der Waals surface area (Å²) in [5, 5.41) is 5.38. The van der Waals surface area contributed by atoms with Gasteiger partial charge in [-0.1, -0.05) is 6.92 Å². The van der Waals surface area contributed by atoms with Crippen molar-refractivity contribution >= 4 is 5.91 Å². The second-order valence-electron chi connectivity index (χ2n) is 4.40. The molecule has 1 aliphatic rings. The van der Waals surface area contributed by atoms with Crippen LogP contribution in [0.25, 0.3) is 0 Å². The molecule has 0 radical (unpaired) electrons. The quantitative estimate of drug-likeness (QED) is 0.772. The van der Waals surface area contributed by atoms with Crippen LogP contribution in [0.15, 0.2) is 0 Å². The fourth-order valence-electron chi connectivity index (χ4n) is 1.97. The summed E-state index contributed by atoms with van der Waals surface area (Å²) >= 11 is 0. The van der Waals surface area contributed by atoms with Gasteiger partial charge in [0.2, 0.25) is 5.91 Å². The van der Waals surface area contributed by atoms with Gasteiger partial charge in [0.1, 0.15) is 6.04 Å². The molecule has 1 amide bonds. The zero-order valence-corrected chi connectivity index (χ0v) is 10.5. The van der Waals surface area contributed by atoms with Gasteiger partial charge >= 0.3 is 6.18 Å². The fourth-order valence-corrected chi connectivity index (χ4v) is 1.97. The van der Waals surface area contributed by atoms with Crippen molar-refractivity contribution in [3.05, 3.63) is 0 Å². The van der Waals surface area contributed by atoms with Crippen LogP contribution >= 0.6 is 0 Å². The molecule has 106 valence electrons. The van der Waals surface area contributed by atoms with Crippen LogP contribution in [0.3, 0.4) is 0 Å². The highest BCUT2D eigenvalue weighted by atomic mass is 19.4. The van der Waals surface area contributed by atoms with Crippen molar-refractivity contribution in [3.8, 4) is 0 Å². The van der Waals surface area contributed by atoms with Gasteiger partial charge in [-0.25, -0.2) is 0 Å². The van der Waals surface area contributed by atoms with E-state index in [1.807, 2.05) is 6.92 Å². The highest BCUT2D eigenvalue weighted by molar-refractivity contribution is 5.75. The van der Waals surface area contributed by atoms with E-state index in [0.717, 1.165) is 0 Å². The molecule has 1 rings (SSSR count). The summed E-state index contributed by atoms with van der Waals surface area (Å²) in [7, 11) is 0. The fraction of sp³-hybridized carbons (Fsp3) is 0.909. The monoisotopic (exact) mass is 267 g/mol. The van der Waals surface area contributed by atoms with Crippen LogP contribution < -0.4 is 10.6 Å². The Balaban J connectivity index is 2.53. The second kappa shape index (κ2) is 6.94. The Hall–Kier alpha value is -0.820. The van der Waals surface area contributed by atoms with Gasteiger partial charge in [-0.05, 0) is 6.42 Å². The number of carbonyl (C=O) groups is 1. The molecule has 0 aromatic heterocycles. The standard InChI is InChI=1S/C11H20F3N3O/c1-2-3-10(18)16-8-9(11(12,13)14)17-6-4-15-5-7-17/h9,15H,2-8H2,1H3,(H,16,18). The first kappa shape index (κ1) is 15.2. The van der Waals surface area contributed by atoms with E-state index >= 15 is 0 Å². The zero-order chi connectivity index (χ0) is 13.6. The average molecular weight is 267 g/mol. The Bertz CT molecular complexity index is 265. The predicted octanol–water partition coefficient (Wildman–Crippen LogP) is 0.739.